The summed E-state index contributed by atoms with van der Waals surface area (Å²) < 4.78 is 0. The Morgan fingerprint density at radius 2 is 2.18 bits per heavy atom. The van der Waals surface area contributed by atoms with Crippen LogP contribution in [0.1, 0.15) is 26.2 Å². The minimum Gasteiger partial charge on any atom is -0.395 e. The first kappa shape index (κ1) is 13.3. The molecular weight excluding hydrogens is 214 g/mol. The summed E-state index contributed by atoms with van der Waals surface area (Å²) in [5.41, 5.74) is 0. The molecule has 3 atom stereocenters. The maximum atomic E-state index is 9.28. The molecule has 2 N–H and O–H groups in total. The third-order valence-electron chi connectivity index (χ3n) is 4.40. The number of likely N-dealkylation sites (N-methyl/N-ethyl adjacent to an activating group) is 1. The minimum absolute atomic E-state index is 0.215. The van der Waals surface area contributed by atoms with Crippen LogP contribution in [0.25, 0.3) is 0 Å². The Hall–Kier alpha value is -0.160. The van der Waals surface area contributed by atoms with Crippen molar-refractivity contribution in [3.8, 4) is 0 Å². The molecule has 2 heterocycles. The van der Waals surface area contributed by atoms with E-state index >= 15 is 0 Å². The van der Waals surface area contributed by atoms with Crippen molar-refractivity contribution in [1.29, 1.82) is 0 Å². The molecule has 4 nitrogen and oxygen atoms in total. The molecule has 0 aliphatic carbocycles. The molecule has 4 heteroatoms. The summed E-state index contributed by atoms with van der Waals surface area (Å²) in [6.45, 7) is 7.19. The Balaban J connectivity index is 1.90. The predicted octanol–water partition coefficient (Wildman–Crippen LogP) is 0.125. The summed E-state index contributed by atoms with van der Waals surface area (Å²) >= 11 is 0. The molecule has 0 radical (unpaired) electrons. The van der Waals surface area contributed by atoms with Crippen LogP contribution in [-0.2, 0) is 0 Å². The van der Waals surface area contributed by atoms with E-state index < -0.39 is 0 Å². The van der Waals surface area contributed by atoms with Gasteiger partial charge in [0, 0.05) is 37.8 Å². The maximum Gasteiger partial charge on any atom is 0.0597 e. The summed E-state index contributed by atoms with van der Waals surface area (Å²) in [7, 11) is 1.93. The number of hydrogen-bond donors (Lipinski definition) is 2. The highest BCUT2D eigenvalue weighted by molar-refractivity contribution is 4.90. The molecule has 2 saturated heterocycles. The first-order valence-electron chi connectivity index (χ1n) is 7.00. The number of nitrogens with one attached hydrogen (secondary N) is 1. The van der Waals surface area contributed by atoms with E-state index in [4.69, 9.17) is 0 Å². The summed E-state index contributed by atoms with van der Waals surface area (Å²) in [6.07, 6.45) is 4.12. The van der Waals surface area contributed by atoms with Crippen molar-refractivity contribution in [3.63, 3.8) is 0 Å². The largest absolute Gasteiger partial charge is 0.395 e. The number of piperazine rings is 1. The molecule has 0 aromatic rings. The van der Waals surface area contributed by atoms with Gasteiger partial charge in [0.15, 0.2) is 0 Å². The molecule has 3 unspecified atom stereocenters. The maximum absolute atomic E-state index is 9.28. The lowest BCUT2D eigenvalue weighted by Crippen LogP contribution is -2.60. The van der Waals surface area contributed by atoms with Gasteiger partial charge in [-0.1, -0.05) is 6.42 Å². The van der Waals surface area contributed by atoms with Gasteiger partial charge in [0.1, 0.15) is 0 Å². The Bertz CT molecular complexity index is 233. The molecule has 0 amide bonds. The molecule has 2 aliphatic rings. The van der Waals surface area contributed by atoms with E-state index in [1.807, 2.05) is 7.05 Å². The van der Waals surface area contributed by atoms with Crippen LogP contribution in [-0.4, -0.2) is 72.9 Å². The van der Waals surface area contributed by atoms with E-state index in [2.05, 4.69) is 22.0 Å². The van der Waals surface area contributed by atoms with Gasteiger partial charge < -0.3 is 10.4 Å². The first-order chi connectivity index (χ1) is 8.24. The molecule has 0 saturated carbocycles. The number of piperidine rings is 1. The number of fused-ring (bicyclic) bond motifs is 1. The molecular formula is C13H27N3O. The average molecular weight is 241 g/mol. The van der Waals surface area contributed by atoms with Crippen LogP contribution in [0.15, 0.2) is 0 Å². The zero-order chi connectivity index (χ0) is 12.3. The highest BCUT2D eigenvalue weighted by Crippen LogP contribution is 2.23. The zero-order valence-corrected chi connectivity index (χ0v) is 11.2. The third kappa shape index (κ3) is 3.19. The van der Waals surface area contributed by atoms with Crippen molar-refractivity contribution < 1.29 is 5.11 Å². The Morgan fingerprint density at radius 3 is 2.88 bits per heavy atom. The van der Waals surface area contributed by atoms with Crippen molar-refractivity contribution in [2.45, 2.75) is 44.3 Å². The van der Waals surface area contributed by atoms with Crippen LogP contribution in [0.2, 0.25) is 0 Å². The molecule has 17 heavy (non-hydrogen) atoms. The minimum atomic E-state index is 0.215. The highest BCUT2D eigenvalue weighted by atomic mass is 16.3. The second-order valence-corrected chi connectivity index (χ2v) is 5.62. The van der Waals surface area contributed by atoms with Crippen molar-refractivity contribution in [1.82, 2.24) is 15.1 Å². The fourth-order valence-electron chi connectivity index (χ4n) is 3.19. The standard InChI is InChI=1S/C13H27N3O/c1-11-7-15-6-4-3-5-13(15)9-16(11)8-12(10-17)14-2/h11-14,17H,3-10H2,1-2H3. The third-order valence-corrected chi connectivity index (χ3v) is 4.40. The summed E-state index contributed by atoms with van der Waals surface area (Å²) in [5, 5.41) is 12.5. The Labute approximate surface area is 105 Å². The van der Waals surface area contributed by atoms with Crippen molar-refractivity contribution in [2.24, 2.45) is 0 Å². The number of hydrogen-bond acceptors (Lipinski definition) is 4. The van der Waals surface area contributed by atoms with Crippen molar-refractivity contribution in [2.75, 3.05) is 39.8 Å². The lowest BCUT2D eigenvalue weighted by Gasteiger charge is -2.48. The van der Waals surface area contributed by atoms with Gasteiger partial charge in [-0.15, -0.1) is 0 Å². The lowest BCUT2D eigenvalue weighted by atomic mass is 9.97. The fraction of sp³-hybridized carbons (Fsp3) is 1.00. The van der Waals surface area contributed by atoms with Crippen LogP contribution in [0.5, 0.6) is 0 Å². The Morgan fingerprint density at radius 1 is 1.35 bits per heavy atom. The normalized spacial score (nSPS) is 33.4. The smallest absolute Gasteiger partial charge is 0.0597 e. The van der Waals surface area contributed by atoms with E-state index in [-0.39, 0.29) is 12.6 Å². The van der Waals surface area contributed by atoms with Gasteiger partial charge in [-0.2, -0.15) is 0 Å². The molecule has 0 spiro atoms. The molecule has 0 aromatic heterocycles. The average Bonchev–Trinajstić information content (AvgIpc) is 2.36. The van der Waals surface area contributed by atoms with Gasteiger partial charge in [0.2, 0.25) is 0 Å². The van der Waals surface area contributed by atoms with Gasteiger partial charge >= 0.3 is 0 Å². The van der Waals surface area contributed by atoms with Crippen LogP contribution >= 0.6 is 0 Å². The van der Waals surface area contributed by atoms with Gasteiger partial charge in [0.25, 0.3) is 0 Å². The van der Waals surface area contributed by atoms with Crippen LogP contribution in [0.4, 0.5) is 0 Å². The molecule has 0 bridgehead atoms. The SMILES string of the molecule is CNC(CO)CN1CC2CCCCN2CC1C. The van der Waals surface area contributed by atoms with Gasteiger partial charge in [-0.3, -0.25) is 9.80 Å². The topological polar surface area (TPSA) is 38.7 Å². The van der Waals surface area contributed by atoms with Gasteiger partial charge in [0.05, 0.1) is 6.61 Å². The number of aliphatic hydroxyl groups excluding tert-OH is 1. The van der Waals surface area contributed by atoms with E-state index in [0.717, 1.165) is 12.6 Å². The highest BCUT2D eigenvalue weighted by Gasteiger charge is 2.33. The van der Waals surface area contributed by atoms with E-state index in [1.165, 1.54) is 38.9 Å². The predicted molar refractivity (Wildman–Crippen MR) is 70.2 cm³/mol. The number of rotatable bonds is 4. The summed E-state index contributed by atoms with van der Waals surface area (Å²) in [6, 6.07) is 1.59. The van der Waals surface area contributed by atoms with Crippen molar-refractivity contribution >= 4 is 0 Å². The number of nitrogens with zero attached hydrogens (tertiary/aromatic N) is 2. The first-order valence-corrected chi connectivity index (χ1v) is 7.00. The molecule has 0 aromatic carbocycles. The summed E-state index contributed by atoms with van der Waals surface area (Å²) in [5.74, 6) is 0. The number of aliphatic hydroxyl groups is 1. The summed E-state index contributed by atoms with van der Waals surface area (Å²) in [4.78, 5) is 5.21. The van der Waals surface area contributed by atoms with E-state index in [1.54, 1.807) is 0 Å². The monoisotopic (exact) mass is 241 g/mol. The quantitative estimate of drug-likeness (QED) is 0.734. The molecule has 100 valence electrons. The van der Waals surface area contributed by atoms with Crippen LogP contribution < -0.4 is 5.32 Å². The molecule has 2 fully saturated rings. The second kappa shape index (κ2) is 6.14. The lowest BCUT2D eigenvalue weighted by molar-refractivity contribution is 0.00795. The van der Waals surface area contributed by atoms with E-state index in [0.29, 0.717) is 6.04 Å². The van der Waals surface area contributed by atoms with Gasteiger partial charge in [-0.25, -0.2) is 0 Å². The van der Waals surface area contributed by atoms with E-state index in [9.17, 15) is 5.11 Å². The van der Waals surface area contributed by atoms with Crippen LogP contribution in [0.3, 0.4) is 0 Å². The fourth-order valence-corrected chi connectivity index (χ4v) is 3.19. The van der Waals surface area contributed by atoms with Crippen molar-refractivity contribution in [3.05, 3.63) is 0 Å². The second-order valence-electron chi connectivity index (χ2n) is 5.62. The molecule has 2 rings (SSSR count). The van der Waals surface area contributed by atoms with Crippen LogP contribution in [0, 0.1) is 0 Å². The van der Waals surface area contributed by atoms with Gasteiger partial charge in [-0.05, 0) is 33.4 Å². The zero-order valence-electron chi connectivity index (χ0n) is 11.2. The Kier molecular flexibility index (Phi) is 4.79. The molecule has 2 aliphatic heterocycles.